The van der Waals surface area contributed by atoms with Crippen LogP contribution in [0.2, 0.25) is 0 Å². The molecular formula is C19H21FN2O3. The maximum Gasteiger partial charge on any atom is 0.258 e. The Balaban J connectivity index is 1.69. The number of hydrogen-bond acceptors (Lipinski definition) is 3. The van der Waals surface area contributed by atoms with Crippen molar-refractivity contribution in [1.82, 2.24) is 10.6 Å². The first-order valence-electron chi connectivity index (χ1n) is 8.12. The van der Waals surface area contributed by atoms with Crippen LogP contribution in [0.4, 0.5) is 4.39 Å². The minimum atomic E-state index is -0.577. The predicted octanol–water partition coefficient (Wildman–Crippen LogP) is 2.31. The van der Waals surface area contributed by atoms with Crippen LogP contribution in [0, 0.1) is 5.82 Å². The first kappa shape index (κ1) is 18.4. The first-order chi connectivity index (χ1) is 12.1. The van der Waals surface area contributed by atoms with Crippen molar-refractivity contribution in [2.24, 2.45) is 0 Å². The molecular weight excluding hydrogens is 323 g/mol. The monoisotopic (exact) mass is 344 g/mol. The topological polar surface area (TPSA) is 67.4 Å². The van der Waals surface area contributed by atoms with Gasteiger partial charge in [0.15, 0.2) is 6.61 Å². The Morgan fingerprint density at radius 3 is 2.44 bits per heavy atom. The molecule has 25 heavy (non-hydrogen) atoms. The summed E-state index contributed by atoms with van der Waals surface area (Å²) in [5.41, 5.74) is 1.01. The maximum atomic E-state index is 13.5. The van der Waals surface area contributed by atoms with Gasteiger partial charge < -0.3 is 15.4 Å². The summed E-state index contributed by atoms with van der Waals surface area (Å²) in [4.78, 5) is 23.6. The van der Waals surface area contributed by atoms with E-state index in [1.54, 1.807) is 6.07 Å². The van der Waals surface area contributed by atoms with Gasteiger partial charge in [0.05, 0.1) is 5.56 Å². The second-order valence-electron chi connectivity index (χ2n) is 5.34. The van der Waals surface area contributed by atoms with Crippen LogP contribution in [0.1, 0.15) is 22.8 Å². The van der Waals surface area contributed by atoms with Crippen molar-refractivity contribution >= 4 is 11.8 Å². The summed E-state index contributed by atoms with van der Waals surface area (Å²) in [5, 5.41) is 5.19. The molecule has 0 radical (unpaired) electrons. The van der Waals surface area contributed by atoms with E-state index in [4.69, 9.17) is 4.74 Å². The van der Waals surface area contributed by atoms with Crippen LogP contribution in [-0.2, 0) is 11.2 Å². The molecule has 0 unspecified atom stereocenters. The van der Waals surface area contributed by atoms with Crippen LogP contribution in [0.25, 0.3) is 0 Å². The average Bonchev–Trinajstić information content (AvgIpc) is 2.64. The molecule has 0 aromatic heterocycles. The summed E-state index contributed by atoms with van der Waals surface area (Å²) >= 11 is 0. The van der Waals surface area contributed by atoms with Crippen molar-refractivity contribution in [1.29, 1.82) is 0 Å². The average molecular weight is 344 g/mol. The summed E-state index contributed by atoms with van der Waals surface area (Å²) in [7, 11) is 0. The zero-order valence-electron chi connectivity index (χ0n) is 14.0. The third-order valence-electron chi connectivity index (χ3n) is 3.56. The third-order valence-corrected chi connectivity index (χ3v) is 3.56. The summed E-state index contributed by atoms with van der Waals surface area (Å²) in [6.07, 6.45) is 0.819. The number of benzene rings is 2. The largest absolute Gasteiger partial charge is 0.483 e. The lowest BCUT2D eigenvalue weighted by Gasteiger charge is -2.11. The van der Waals surface area contributed by atoms with Crippen LogP contribution in [0.3, 0.4) is 0 Å². The van der Waals surface area contributed by atoms with Gasteiger partial charge in [0.25, 0.3) is 11.8 Å². The Hall–Kier alpha value is -2.89. The van der Waals surface area contributed by atoms with Crippen molar-refractivity contribution in [2.75, 3.05) is 19.7 Å². The number of hydrogen-bond donors (Lipinski definition) is 2. The summed E-state index contributed by atoms with van der Waals surface area (Å²) in [5.74, 6) is -0.688. The zero-order chi connectivity index (χ0) is 18.1. The molecule has 2 N–H and O–H groups in total. The number of aryl methyl sites for hydroxylation is 1. The van der Waals surface area contributed by atoms with E-state index in [-0.39, 0.29) is 31.2 Å². The van der Waals surface area contributed by atoms with E-state index >= 15 is 0 Å². The molecule has 2 rings (SSSR count). The Morgan fingerprint density at radius 2 is 1.68 bits per heavy atom. The fourth-order valence-corrected chi connectivity index (χ4v) is 2.25. The van der Waals surface area contributed by atoms with Crippen LogP contribution in [0.15, 0.2) is 48.5 Å². The highest BCUT2D eigenvalue weighted by atomic mass is 19.1. The van der Waals surface area contributed by atoms with Gasteiger partial charge in [-0.15, -0.1) is 0 Å². The molecule has 5 nitrogen and oxygen atoms in total. The molecule has 0 fully saturated rings. The van der Waals surface area contributed by atoms with Gasteiger partial charge in [-0.2, -0.15) is 0 Å². The van der Waals surface area contributed by atoms with Crippen LogP contribution in [-0.4, -0.2) is 31.5 Å². The van der Waals surface area contributed by atoms with E-state index in [2.05, 4.69) is 10.6 Å². The molecule has 0 heterocycles. The van der Waals surface area contributed by atoms with Crippen molar-refractivity contribution < 1.29 is 18.7 Å². The minimum Gasteiger partial charge on any atom is -0.483 e. The van der Waals surface area contributed by atoms with Crippen LogP contribution in [0.5, 0.6) is 5.75 Å². The second kappa shape index (κ2) is 9.42. The van der Waals surface area contributed by atoms with E-state index in [9.17, 15) is 14.0 Å². The molecule has 6 heteroatoms. The van der Waals surface area contributed by atoms with Gasteiger partial charge in [-0.3, -0.25) is 9.59 Å². The standard InChI is InChI=1S/C19H21FN2O3/c1-2-14-7-3-6-10-17(14)25-13-18(23)21-11-12-22-19(24)15-8-4-5-9-16(15)20/h3-10H,2,11-13H2,1H3,(H,21,23)(H,22,24). The molecule has 0 saturated carbocycles. The van der Waals surface area contributed by atoms with E-state index in [1.165, 1.54) is 18.2 Å². The van der Waals surface area contributed by atoms with Crippen molar-refractivity contribution in [3.05, 3.63) is 65.5 Å². The number of rotatable bonds is 8. The first-order valence-corrected chi connectivity index (χ1v) is 8.12. The van der Waals surface area contributed by atoms with Gasteiger partial charge in [-0.05, 0) is 30.2 Å². The predicted molar refractivity (Wildman–Crippen MR) is 93.1 cm³/mol. The minimum absolute atomic E-state index is 0.0201. The molecule has 132 valence electrons. The normalized spacial score (nSPS) is 10.2. The van der Waals surface area contributed by atoms with Crippen LogP contribution < -0.4 is 15.4 Å². The molecule has 0 aliphatic rings. The lowest BCUT2D eigenvalue weighted by atomic mass is 10.1. The van der Waals surface area contributed by atoms with Gasteiger partial charge in [-0.25, -0.2) is 4.39 Å². The van der Waals surface area contributed by atoms with Crippen molar-refractivity contribution in [3.8, 4) is 5.75 Å². The fourth-order valence-electron chi connectivity index (χ4n) is 2.25. The van der Waals surface area contributed by atoms with Crippen LogP contribution >= 0.6 is 0 Å². The number of amides is 2. The summed E-state index contributed by atoms with van der Waals surface area (Å²) in [6.45, 7) is 2.35. The second-order valence-corrected chi connectivity index (χ2v) is 5.34. The van der Waals surface area contributed by atoms with E-state index in [0.29, 0.717) is 5.75 Å². The number of halogens is 1. The van der Waals surface area contributed by atoms with E-state index in [1.807, 2.05) is 31.2 Å². The van der Waals surface area contributed by atoms with Gasteiger partial charge in [0, 0.05) is 13.1 Å². The third kappa shape index (κ3) is 5.60. The lowest BCUT2D eigenvalue weighted by Crippen LogP contribution is -2.37. The van der Waals surface area contributed by atoms with E-state index < -0.39 is 11.7 Å². The lowest BCUT2D eigenvalue weighted by molar-refractivity contribution is -0.123. The number of para-hydroxylation sites is 1. The number of ether oxygens (including phenoxy) is 1. The van der Waals surface area contributed by atoms with Crippen molar-refractivity contribution in [3.63, 3.8) is 0 Å². The molecule has 0 aliphatic heterocycles. The molecule has 0 spiro atoms. The Bertz CT molecular complexity index is 734. The van der Waals surface area contributed by atoms with Gasteiger partial charge in [-0.1, -0.05) is 37.3 Å². The smallest absolute Gasteiger partial charge is 0.258 e. The van der Waals surface area contributed by atoms with Gasteiger partial charge >= 0.3 is 0 Å². The fraction of sp³-hybridized carbons (Fsp3) is 0.263. The molecule has 0 bridgehead atoms. The number of nitrogens with one attached hydrogen (secondary N) is 2. The van der Waals surface area contributed by atoms with Gasteiger partial charge in [0.2, 0.25) is 0 Å². The van der Waals surface area contributed by atoms with Crippen molar-refractivity contribution in [2.45, 2.75) is 13.3 Å². The highest BCUT2D eigenvalue weighted by molar-refractivity contribution is 5.94. The SMILES string of the molecule is CCc1ccccc1OCC(=O)NCCNC(=O)c1ccccc1F. The Kier molecular flexibility index (Phi) is 6.95. The number of carbonyl (C=O) groups excluding carboxylic acids is 2. The molecule has 0 saturated heterocycles. The molecule has 2 aromatic rings. The Morgan fingerprint density at radius 1 is 1.00 bits per heavy atom. The zero-order valence-corrected chi connectivity index (χ0v) is 14.0. The molecule has 0 aliphatic carbocycles. The highest BCUT2D eigenvalue weighted by Crippen LogP contribution is 2.17. The maximum absolute atomic E-state index is 13.5. The Labute approximate surface area is 146 Å². The summed E-state index contributed by atoms with van der Waals surface area (Å²) in [6, 6.07) is 13.3. The highest BCUT2D eigenvalue weighted by Gasteiger charge is 2.10. The summed E-state index contributed by atoms with van der Waals surface area (Å²) < 4.78 is 19.0. The molecule has 2 amide bonds. The van der Waals surface area contributed by atoms with E-state index in [0.717, 1.165) is 12.0 Å². The molecule has 2 aromatic carbocycles. The number of carbonyl (C=O) groups is 2. The van der Waals surface area contributed by atoms with Gasteiger partial charge in [0.1, 0.15) is 11.6 Å². The quantitative estimate of drug-likeness (QED) is 0.722. The molecule has 0 atom stereocenters.